The van der Waals surface area contributed by atoms with Gasteiger partial charge in [0.25, 0.3) is 5.91 Å². The molecular weight excluding hydrogens is 350 g/mol. The van der Waals surface area contributed by atoms with Crippen molar-refractivity contribution in [1.29, 1.82) is 0 Å². The lowest BCUT2D eigenvalue weighted by atomic mass is 9.97. The van der Waals surface area contributed by atoms with E-state index in [0.29, 0.717) is 17.5 Å². The summed E-state index contributed by atoms with van der Waals surface area (Å²) in [6.07, 6.45) is 5.60. The molecule has 0 saturated heterocycles. The van der Waals surface area contributed by atoms with Gasteiger partial charge in [0, 0.05) is 23.6 Å². The molecule has 1 aromatic heterocycles. The minimum atomic E-state index is 0.00872. The summed E-state index contributed by atoms with van der Waals surface area (Å²) in [7, 11) is 0. The Morgan fingerprint density at radius 2 is 1.79 bits per heavy atom. The van der Waals surface area contributed by atoms with Crippen molar-refractivity contribution in [3.63, 3.8) is 0 Å². The lowest BCUT2D eigenvalue weighted by Gasteiger charge is -2.10. The van der Waals surface area contributed by atoms with Crippen molar-refractivity contribution in [2.75, 3.05) is 0 Å². The van der Waals surface area contributed by atoms with Crippen LogP contribution >= 0.6 is 0 Å². The van der Waals surface area contributed by atoms with Gasteiger partial charge in [-0.05, 0) is 79.5 Å². The predicted octanol–water partition coefficient (Wildman–Crippen LogP) is 4.56. The molecule has 0 aliphatic heterocycles. The van der Waals surface area contributed by atoms with Gasteiger partial charge in [0.1, 0.15) is 0 Å². The van der Waals surface area contributed by atoms with Crippen LogP contribution in [0.2, 0.25) is 0 Å². The zero-order valence-electron chi connectivity index (χ0n) is 15.9. The molecule has 0 bridgehead atoms. The van der Waals surface area contributed by atoms with Gasteiger partial charge in [0.15, 0.2) is 0 Å². The van der Waals surface area contributed by atoms with Gasteiger partial charge in [0.05, 0.1) is 0 Å². The van der Waals surface area contributed by atoms with Crippen LogP contribution in [0.25, 0.3) is 22.6 Å². The summed E-state index contributed by atoms with van der Waals surface area (Å²) in [5, 5.41) is 11.4. The highest BCUT2D eigenvalue weighted by Crippen LogP contribution is 2.33. The van der Waals surface area contributed by atoms with Gasteiger partial charge < -0.3 is 9.73 Å². The third-order valence-electron chi connectivity index (χ3n) is 5.48. The Labute approximate surface area is 164 Å². The first kappa shape index (κ1) is 17.2. The van der Waals surface area contributed by atoms with E-state index in [0.717, 1.165) is 53.3 Å². The topological polar surface area (TPSA) is 68.0 Å². The Bertz CT molecular complexity index is 1010. The van der Waals surface area contributed by atoms with E-state index in [1.54, 1.807) is 0 Å². The quantitative estimate of drug-likeness (QED) is 0.688. The number of hydrogen-bond acceptors (Lipinski definition) is 4. The maximum atomic E-state index is 12.4. The number of nitrogens with one attached hydrogen (secondary N) is 1. The summed E-state index contributed by atoms with van der Waals surface area (Å²) in [5.74, 6) is 2.03. The molecule has 2 fully saturated rings. The van der Waals surface area contributed by atoms with E-state index in [9.17, 15) is 4.79 Å². The molecule has 5 rings (SSSR count). The fourth-order valence-corrected chi connectivity index (χ4v) is 3.38. The van der Waals surface area contributed by atoms with E-state index < -0.39 is 0 Å². The molecule has 28 heavy (non-hydrogen) atoms. The number of carbonyl (C=O) groups excluding carboxylic acids is 1. The Morgan fingerprint density at radius 1 is 1.04 bits per heavy atom. The van der Waals surface area contributed by atoms with Crippen molar-refractivity contribution >= 4 is 5.91 Å². The van der Waals surface area contributed by atoms with Crippen LogP contribution in [-0.2, 0) is 6.42 Å². The number of carbonyl (C=O) groups is 1. The largest absolute Gasteiger partial charge is 0.421 e. The smallest absolute Gasteiger partial charge is 0.251 e. The molecule has 1 heterocycles. The summed E-state index contributed by atoms with van der Waals surface area (Å²) in [5.41, 5.74) is 4.90. The molecular formula is C23H23N3O2. The Kier molecular flexibility index (Phi) is 4.23. The van der Waals surface area contributed by atoms with Gasteiger partial charge >= 0.3 is 0 Å². The molecule has 2 aliphatic rings. The van der Waals surface area contributed by atoms with Gasteiger partial charge in [-0.3, -0.25) is 4.79 Å². The average Bonchev–Trinajstić information content (AvgIpc) is 3.63. The highest BCUT2D eigenvalue weighted by molar-refractivity contribution is 5.96. The zero-order valence-corrected chi connectivity index (χ0v) is 15.9. The Hall–Kier alpha value is -2.95. The molecule has 1 N–H and O–H groups in total. The summed E-state index contributed by atoms with van der Waals surface area (Å²) in [4.78, 5) is 12.4. The standard InChI is InChI=1S/C23H23N3O2/c1-14-2-5-18(22(27)24-19-10-11-19)13-20(14)16-6-8-17(9-7-16)23-26-25-21(28-23)12-15-3-4-15/h2,5-9,13,15,19H,3-4,10-12H2,1H3,(H,24,27). The number of rotatable bonds is 6. The Morgan fingerprint density at radius 3 is 2.50 bits per heavy atom. The van der Waals surface area contributed by atoms with E-state index >= 15 is 0 Å². The molecule has 2 aliphatic carbocycles. The number of amides is 1. The maximum absolute atomic E-state index is 12.4. The van der Waals surface area contributed by atoms with Gasteiger partial charge in [-0.15, -0.1) is 10.2 Å². The average molecular weight is 373 g/mol. The summed E-state index contributed by atoms with van der Waals surface area (Å²) < 4.78 is 5.81. The molecule has 0 unspecified atom stereocenters. The highest BCUT2D eigenvalue weighted by Gasteiger charge is 2.25. The molecule has 1 amide bonds. The molecule has 142 valence electrons. The first-order valence-corrected chi connectivity index (χ1v) is 10.0. The van der Waals surface area contributed by atoms with Crippen LogP contribution in [0.4, 0.5) is 0 Å². The Balaban J connectivity index is 1.37. The van der Waals surface area contributed by atoms with E-state index in [1.807, 2.05) is 42.5 Å². The second-order valence-electron chi connectivity index (χ2n) is 8.00. The van der Waals surface area contributed by atoms with Crippen LogP contribution in [0, 0.1) is 12.8 Å². The molecule has 0 radical (unpaired) electrons. The van der Waals surface area contributed by atoms with Crippen LogP contribution in [-0.4, -0.2) is 22.1 Å². The normalized spacial score (nSPS) is 16.2. The van der Waals surface area contributed by atoms with Crippen molar-refractivity contribution in [3.8, 4) is 22.6 Å². The van der Waals surface area contributed by atoms with Gasteiger partial charge in [0.2, 0.25) is 11.8 Å². The molecule has 3 aromatic rings. The lowest BCUT2D eigenvalue weighted by molar-refractivity contribution is 0.0951. The van der Waals surface area contributed by atoms with Crippen LogP contribution in [0.5, 0.6) is 0 Å². The fourth-order valence-electron chi connectivity index (χ4n) is 3.38. The first-order valence-electron chi connectivity index (χ1n) is 10.0. The van der Waals surface area contributed by atoms with E-state index in [1.165, 1.54) is 12.8 Å². The fraction of sp³-hybridized carbons (Fsp3) is 0.348. The van der Waals surface area contributed by atoms with E-state index in [2.05, 4.69) is 22.4 Å². The van der Waals surface area contributed by atoms with Gasteiger partial charge in [-0.1, -0.05) is 18.2 Å². The predicted molar refractivity (Wildman–Crippen MR) is 107 cm³/mol. The number of nitrogens with zero attached hydrogens (tertiary/aromatic N) is 2. The minimum Gasteiger partial charge on any atom is -0.421 e. The third kappa shape index (κ3) is 3.70. The van der Waals surface area contributed by atoms with Crippen molar-refractivity contribution in [2.24, 2.45) is 5.92 Å². The number of aromatic nitrogens is 2. The lowest BCUT2D eigenvalue weighted by Crippen LogP contribution is -2.25. The van der Waals surface area contributed by atoms with E-state index in [-0.39, 0.29) is 5.91 Å². The third-order valence-corrected chi connectivity index (χ3v) is 5.48. The van der Waals surface area contributed by atoms with Crippen LogP contribution in [0.1, 0.15) is 47.5 Å². The van der Waals surface area contributed by atoms with Crippen molar-refractivity contribution in [1.82, 2.24) is 15.5 Å². The number of hydrogen-bond donors (Lipinski definition) is 1. The number of benzene rings is 2. The van der Waals surface area contributed by atoms with Gasteiger partial charge in [-0.2, -0.15) is 0 Å². The second kappa shape index (κ2) is 6.89. The second-order valence-corrected chi connectivity index (χ2v) is 8.00. The monoisotopic (exact) mass is 373 g/mol. The summed E-state index contributed by atoms with van der Waals surface area (Å²) in [6.45, 7) is 2.06. The molecule has 2 aromatic carbocycles. The number of aryl methyl sites for hydroxylation is 1. The summed E-state index contributed by atoms with van der Waals surface area (Å²) in [6, 6.07) is 14.3. The van der Waals surface area contributed by atoms with Crippen molar-refractivity contribution in [3.05, 3.63) is 59.5 Å². The van der Waals surface area contributed by atoms with Crippen LogP contribution < -0.4 is 5.32 Å². The van der Waals surface area contributed by atoms with Crippen LogP contribution in [0.3, 0.4) is 0 Å². The van der Waals surface area contributed by atoms with Crippen molar-refractivity contribution < 1.29 is 9.21 Å². The molecule has 0 atom stereocenters. The zero-order chi connectivity index (χ0) is 19.1. The molecule has 5 nitrogen and oxygen atoms in total. The molecule has 0 spiro atoms. The molecule has 5 heteroatoms. The minimum absolute atomic E-state index is 0.00872. The van der Waals surface area contributed by atoms with Crippen LogP contribution in [0.15, 0.2) is 46.9 Å². The van der Waals surface area contributed by atoms with Crippen molar-refractivity contribution in [2.45, 2.75) is 45.1 Å². The van der Waals surface area contributed by atoms with Gasteiger partial charge in [-0.25, -0.2) is 0 Å². The summed E-state index contributed by atoms with van der Waals surface area (Å²) >= 11 is 0. The SMILES string of the molecule is Cc1ccc(C(=O)NC2CC2)cc1-c1ccc(-c2nnc(CC3CC3)o2)cc1. The van der Waals surface area contributed by atoms with E-state index in [4.69, 9.17) is 4.42 Å². The molecule has 2 saturated carbocycles. The first-order chi connectivity index (χ1) is 13.7. The maximum Gasteiger partial charge on any atom is 0.251 e. The highest BCUT2D eigenvalue weighted by atomic mass is 16.4.